The Morgan fingerprint density at radius 3 is 1.57 bits per heavy atom. The molecular formula is C23H37N7O4S3. The van der Waals surface area contributed by atoms with E-state index in [1.165, 1.54) is 45.5 Å². The number of guanidine groups is 1. The number of hydrogen-bond donors (Lipinski definition) is 3. The van der Waals surface area contributed by atoms with Gasteiger partial charge in [-0.25, -0.2) is 9.44 Å². The van der Waals surface area contributed by atoms with Crippen LogP contribution in [0.4, 0.5) is 0 Å². The monoisotopic (exact) mass is 571 g/mol. The summed E-state index contributed by atoms with van der Waals surface area (Å²) in [7, 11) is -1.25. The van der Waals surface area contributed by atoms with Gasteiger partial charge in [-0.3, -0.25) is 9.98 Å². The van der Waals surface area contributed by atoms with Crippen LogP contribution < -0.4 is 15.2 Å². The summed E-state index contributed by atoms with van der Waals surface area (Å²) >= 11 is 1.28. The second-order valence-electron chi connectivity index (χ2n) is 7.91. The van der Waals surface area contributed by atoms with E-state index in [1.54, 1.807) is 6.26 Å². The molecule has 14 heteroatoms. The van der Waals surface area contributed by atoms with E-state index >= 15 is 0 Å². The molecular weight excluding hydrogens is 534 g/mol. The Kier molecular flexibility index (Phi) is 14.2. The van der Waals surface area contributed by atoms with Crippen LogP contribution in [-0.4, -0.2) is 84.1 Å². The smallest absolute Gasteiger partial charge is 0.303 e. The summed E-state index contributed by atoms with van der Waals surface area (Å²) in [5, 5.41) is 0.407. The second kappa shape index (κ2) is 16.2. The Balaban J connectivity index is 0.000000371. The molecule has 2 aromatic rings. The van der Waals surface area contributed by atoms with Crippen molar-refractivity contribution in [2.45, 2.75) is 12.8 Å². The highest BCUT2D eigenvalue weighted by atomic mass is 32.2. The van der Waals surface area contributed by atoms with Crippen molar-refractivity contribution in [1.29, 1.82) is 0 Å². The molecule has 0 spiro atoms. The quantitative estimate of drug-likeness (QED) is 0.289. The van der Waals surface area contributed by atoms with E-state index in [-0.39, 0.29) is 5.96 Å². The van der Waals surface area contributed by atoms with Crippen molar-refractivity contribution in [1.82, 2.24) is 18.1 Å². The molecule has 0 amide bonds. The van der Waals surface area contributed by atoms with Crippen LogP contribution in [0.1, 0.15) is 11.1 Å². The van der Waals surface area contributed by atoms with Crippen LogP contribution in [0.5, 0.6) is 0 Å². The fraction of sp³-hybridized carbons (Fsp3) is 0.391. The number of benzene rings is 2. The summed E-state index contributed by atoms with van der Waals surface area (Å²) in [6, 6.07) is 19.8. The number of thioether (sulfide) groups is 1. The SMILES string of the molecule is CN(C)S(=O)(=O)NC(N)=NCCc1ccccc1.CSC(=NCCc1ccccc1)NS(=O)(=O)N(C)C. The predicted octanol–water partition coefficient (Wildman–Crippen LogP) is 1.28. The molecule has 0 aliphatic rings. The van der Waals surface area contributed by atoms with Gasteiger partial charge in [-0.1, -0.05) is 72.4 Å². The van der Waals surface area contributed by atoms with Crippen molar-refractivity contribution in [3.05, 3.63) is 71.8 Å². The van der Waals surface area contributed by atoms with Crippen LogP contribution in [-0.2, 0) is 33.3 Å². The summed E-state index contributed by atoms with van der Waals surface area (Å²) in [6.07, 6.45) is 3.29. The fourth-order valence-electron chi connectivity index (χ4n) is 2.48. The van der Waals surface area contributed by atoms with Gasteiger partial charge in [-0.15, -0.1) is 0 Å². The maximum Gasteiger partial charge on any atom is 0.303 e. The molecule has 0 fully saturated rings. The van der Waals surface area contributed by atoms with Crippen molar-refractivity contribution in [2.75, 3.05) is 47.5 Å². The molecule has 0 unspecified atom stereocenters. The third kappa shape index (κ3) is 13.5. The zero-order chi connectivity index (χ0) is 27.9. The van der Waals surface area contributed by atoms with Crippen molar-refractivity contribution in [3.8, 4) is 0 Å². The third-order valence-electron chi connectivity index (χ3n) is 4.63. The molecule has 0 bridgehead atoms. The summed E-state index contributed by atoms with van der Waals surface area (Å²) in [6.45, 7) is 0.988. The van der Waals surface area contributed by atoms with E-state index in [0.29, 0.717) is 24.7 Å². The summed E-state index contributed by atoms with van der Waals surface area (Å²) in [4.78, 5) is 8.23. The molecule has 0 atom stereocenters. The lowest BCUT2D eigenvalue weighted by atomic mass is 10.2. The van der Waals surface area contributed by atoms with Gasteiger partial charge in [0.15, 0.2) is 5.17 Å². The molecule has 0 radical (unpaired) electrons. The minimum absolute atomic E-state index is 0.0976. The predicted molar refractivity (Wildman–Crippen MR) is 154 cm³/mol. The molecule has 37 heavy (non-hydrogen) atoms. The van der Waals surface area contributed by atoms with Crippen LogP contribution in [0.2, 0.25) is 0 Å². The number of nitrogens with zero attached hydrogens (tertiary/aromatic N) is 4. The van der Waals surface area contributed by atoms with Gasteiger partial charge >= 0.3 is 20.4 Å². The Hall–Kier alpha value is -2.65. The summed E-state index contributed by atoms with van der Waals surface area (Å²) < 4.78 is 52.9. The van der Waals surface area contributed by atoms with Gasteiger partial charge in [0.25, 0.3) is 0 Å². The number of nitrogens with one attached hydrogen (secondary N) is 2. The summed E-state index contributed by atoms with van der Waals surface area (Å²) in [5.41, 5.74) is 7.81. The number of rotatable bonds is 10. The van der Waals surface area contributed by atoms with Gasteiger partial charge in [0.2, 0.25) is 5.96 Å². The standard InChI is InChI=1S/C12H19N3O2S2.C11H18N4O2S/c1-15(2)19(16,17)14-12(18-3)13-10-9-11-7-5-4-6-8-11;1-15(2)18(16,17)14-11(12)13-9-8-10-6-4-3-5-7-10/h4-8H,9-10H2,1-3H3,(H,13,14);3-7H,8-9H2,1-2H3,(H3,12,13,14). The highest BCUT2D eigenvalue weighted by molar-refractivity contribution is 8.14. The number of amidine groups is 1. The second-order valence-corrected chi connectivity index (χ2v) is 12.5. The Bertz CT molecular complexity index is 1200. The van der Waals surface area contributed by atoms with Crippen molar-refractivity contribution in [2.24, 2.45) is 15.7 Å². The number of nitrogens with two attached hydrogens (primary N) is 1. The Morgan fingerprint density at radius 1 is 0.757 bits per heavy atom. The lowest BCUT2D eigenvalue weighted by Crippen LogP contribution is -2.43. The average Bonchev–Trinajstić information content (AvgIpc) is 2.84. The first-order chi connectivity index (χ1) is 17.4. The maximum absolute atomic E-state index is 11.7. The molecule has 4 N–H and O–H groups in total. The van der Waals surface area contributed by atoms with Gasteiger partial charge in [0.05, 0.1) is 0 Å². The molecule has 0 saturated heterocycles. The first kappa shape index (κ1) is 32.4. The zero-order valence-electron chi connectivity index (χ0n) is 21.8. The van der Waals surface area contributed by atoms with Gasteiger partial charge in [-0.05, 0) is 30.2 Å². The van der Waals surface area contributed by atoms with Gasteiger partial charge in [0, 0.05) is 41.3 Å². The first-order valence-corrected chi connectivity index (χ1v) is 15.3. The molecule has 2 rings (SSSR count). The average molecular weight is 572 g/mol. The lowest BCUT2D eigenvalue weighted by molar-refractivity contribution is 0.515. The normalized spacial score (nSPS) is 12.7. The van der Waals surface area contributed by atoms with Gasteiger partial charge in [-0.2, -0.15) is 25.4 Å². The van der Waals surface area contributed by atoms with E-state index in [2.05, 4.69) is 19.4 Å². The largest absolute Gasteiger partial charge is 0.369 e. The lowest BCUT2D eigenvalue weighted by Gasteiger charge is -2.13. The Labute approximate surface area is 225 Å². The highest BCUT2D eigenvalue weighted by Crippen LogP contribution is 2.03. The molecule has 206 valence electrons. The van der Waals surface area contributed by atoms with E-state index in [9.17, 15) is 16.8 Å². The molecule has 0 saturated carbocycles. The molecule has 11 nitrogen and oxygen atoms in total. The minimum Gasteiger partial charge on any atom is -0.369 e. The van der Waals surface area contributed by atoms with E-state index in [0.717, 1.165) is 20.6 Å². The van der Waals surface area contributed by atoms with Crippen LogP contribution in [0.3, 0.4) is 0 Å². The van der Waals surface area contributed by atoms with Crippen molar-refractivity contribution < 1.29 is 16.8 Å². The number of aliphatic imine (C=N–C) groups is 2. The molecule has 0 heterocycles. The maximum atomic E-state index is 11.7. The first-order valence-electron chi connectivity index (χ1n) is 11.2. The van der Waals surface area contributed by atoms with Crippen LogP contribution >= 0.6 is 11.8 Å². The molecule has 0 aliphatic carbocycles. The van der Waals surface area contributed by atoms with E-state index in [1.807, 2.05) is 60.7 Å². The topological polar surface area (TPSA) is 150 Å². The van der Waals surface area contributed by atoms with Crippen LogP contribution in [0.15, 0.2) is 70.6 Å². The molecule has 2 aromatic carbocycles. The number of hydrogen-bond acceptors (Lipinski definition) is 7. The Morgan fingerprint density at radius 2 is 1.16 bits per heavy atom. The van der Waals surface area contributed by atoms with Crippen LogP contribution in [0, 0.1) is 0 Å². The summed E-state index contributed by atoms with van der Waals surface area (Å²) in [5.74, 6) is -0.0976. The third-order valence-corrected chi connectivity index (χ3v) is 8.22. The van der Waals surface area contributed by atoms with E-state index < -0.39 is 20.4 Å². The fourth-order valence-corrected chi connectivity index (χ4v) is 4.33. The van der Waals surface area contributed by atoms with Gasteiger partial charge in [0.1, 0.15) is 0 Å². The minimum atomic E-state index is -3.56. The molecule has 0 aliphatic heterocycles. The van der Waals surface area contributed by atoms with E-state index in [4.69, 9.17) is 5.73 Å². The van der Waals surface area contributed by atoms with Crippen molar-refractivity contribution in [3.63, 3.8) is 0 Å². The van der Waals surface area contributed by atoms with Crippen molar-refractivity contribution >= 4 is 43.3 Å². The molecule has 0 aromatic heterocycles. The van der Waals surface area contributed by atoms with Crippen LogP contribution in [0.25, 0.3) is 0 Å². The highest BCUT2D eigenvalue weighted by Gasteiger charge is 2.15. The zero-order valence-corrected chi connectivity index (χ0v) is 24.3. The van der Waals surface area contributed by atoms with Gasteiger partial charge < -0.3 is 5.73 Å².